The molecule has 0 amide bonds. The van der Waals surface area contributed by atoms with Gasteiger partial charge in [0.15, 0.2) is 6.61 Å². The van der Waals surface area contributed by atoms with Crippen LogP contribution in [0.15, 0.2) is 59.1 Å². The smallest absolute Gasteiger partial charge is 0.264 e. The second-order valence-corrected chi connectivity index (χ2v) is 4.48. The minimum Gasteiger partial charge on any atom is -0.484 e. The van der Waals surface area contributed by atoms with Crippen molar-refractivity contribution in [1.29, 1.82) is 0 Å². The van der Waals surface area contributed by atoms with Crippen molar-refractivity contribution >= 4 is 0 Å². The van der Waals surface area contributed by atoms with E-state index in [2.05, 4.69) is 10.1 Å². The lowest BCUT2D eigenvalue weighted by atomic mass is 10.1. The Hall–Kier alpha value is -2.62. The number of aryl methyl sites for hydroxylation is 1. The van der Waals surface area contributed by atoms with Crippen molar-refractivity contribution in [3.05, 3.63) is 66.1 Å². The lowest BCUT2D eigenvalue weighted by Crippen LogP contribution is -1.95. The van der Waals surface area contributed by atoms with Crippen LogP contribution < -0.4 is 4.74 Å². The summed E-state index contributed by atoms with van der Waals surface area (Å²) in [4.78, 5) is 4.32. The minimum atomic E-state index is 0.267. The van der Waals surface area contributed by atoms with Crippen molar-refractivity contribution in [3.8, 4) is 17.1 Å². The van der Waals surface area contributed by atoms with E-state index in [0.717, 1.165) is 11.3 Å². The molecule has 0 spiro atoms. The third-order valence-corrected chi connectivity index (χ3v) is 2.88. The highest BCUT2D eigenvalue weighted by Crippen LogP contribution is 2.17. The van der Waals surface area contributed by atoms with Crippen LogP contribution in [0.3, 0.4) is 0 Å². The molecular weight excluding hydrogens is 252 g/mol. The number of para-hydroxylation sites is 1. The summed E-state index contributed by atoms with van der Waals surface area (Å²) in [6.07, 6.45) is 0. The van der Waals surface area contributed by atoms with E-state index in [-0.39, 0.29) is 6.61 Å². The summed E-state index contributed by atoms with van der Waals surface area (Å²) in [5, 5.41) is 3.96. The standard InChI is InChI=1S/C16H14N2O2/c1-12-7-9-13(10-8-12)16-17-15(20-18-16)11-19-14-5-3-2-4-6-14/h2-10H,11H2,1H3. The molecule has 0 N–H and O–H groups in total. The summed E-state index contributed by atoms with van der Waals surface area (Å²) >= 11 is 0. The largest absolute Gasteiger partial charge is 0.484 e. The molecule has 0 saturated carbocycles. The quantitative estimate of drug-likeness (QED) is 0.723. The molecule has 3 rings (SSSR count). The Morgan fingerprint density at radius 3 is 2.50 bits per heavy atom. The highest BCUT2D eigenvalue weighted by Gasteiger charge is 2.08. The maximum Gasteiger partial charge on any atom is 0.264 e. The zero-order chi connectivity index (χ0) is 13.8. The molecule has 0 radical (unpaired) electrons. The van der Waals surface area contributed by atoms with Crippen LogP contribution in [-0.2, 0) is 6.61 Å². The molecule has 3 aromatic rings. The Balaban J connectivity index is 1.69. The summed E-state index contributed by atoms with van der Waals surface area (Å²) in [7, 11) is 0. The van der Waals surface area contributed by atoms with Crippen LogP contribution in [0.25, 0.3) is 11.4 Å². The summed E-state index contributed by atoms with van der Waals surface area (Å²) in [6, 6.07) is 17.5. The Morgan fingerprint density at radius 1 is 1.00 bits per heavy atom. The van der Waals surface area contributed by atoms with E-state index < -0.39 is 0 Å². The van der Waals surface area contributed by atoms with E-state index in [4.69, 9.17) is 9.26 Å². The maximum atomic E-state index is 5.56. The van der Waals surface area contributed by atoms with E-state index in [9.17, 15) is 0 Å². The molecule has 4 heteroatoms. The van der Waals surface area contributed by atoms with Gasteiger partial charge in [-0.25, -0.2) is 0 Å². The number of hydrogen-bond donors (Lipinski definition) is 0. The first-order chi connectivity index (χ1) is 9.81. The predicted molar refractivity (Wildman–Crippen MR) is 75.2 cm³/mol. The molecule has 1 heterocycles. The average molecular weight is 266 g/mol. The molecule has 0 aliphatic carbocycles. The molecule has 4 nitrogen and oxygen atoms in total. The van der Waals surface area contributed by atoms with Crippen molar-refractivity contribution in [3.63, 3.8) is 0 Å². The van der Waals surface area contributed by atoms with Crippen molar-refractivity contribution in [1.82, 2.24) is 10.1 Å². The van der Waals surface area contributed by atoms with Crippen molar-refractivity contribution in [2.75, 3.05) is 0 Å². The van der Waals surface area contributed by atoms with Gasteiger partial charge in [-0.2, -0.15) is 4.98 Å². The molecule has 0 fully saturated rings. The van der Waals surface area contributed by atoms with Crippen molar-refractivity contribution < 1.29 is 9.26 Å². The number of rotatable bonds is 4. The van der Waals surface area contributed by atoms with Crippen LogP contribution in [-0.4, -0.2) is 10.1 Å². The molecule has 20 heavy (non-hydrogen) atoms. The van der Waals surface area contributed by atoms with E-state index in [1.807, 2.05) is 61.5 Å². The Labute approximate surface area is 117 Å². The lowest BCUT2D eigenvalue weighted by molar-refractivity contribution is 0.243. The topological polar surface area (TPSA) is 48.2 Å². The fourth-order valence-electron chi connectivity index (χ4n) is 1.80. The van der Waals surface area contributed by atoms with Crippen LogP contribution in [0.5, 0.6) is 5.75 Å². The number of nitrogens with zero attached hydrogens (tertiary/aromatic N) is 2. The van der Waals surface area contributed by atoms with Gasteiger partial charge in [-0.1, -0.05) is 53.2 Å². The van der Waals surface area contributed by atoms with Gasteiger partial charge in [-0.3, -0.25) is 0 Å². The number of aromatic nitrogens is 2. The number of ether oxygens (including phenoxy) is 1. The van der Waals surface area contributed by atoms with Gasteiger partial charge < -0.3 is 9.26 Å². The van der Waals surface area contributed by atoms with Gasteiger partial charge in [0.2, 0.25) is 5.82 Å². The molecule has 2 aromatic carbocycles. The molecule has 0 atom stereocenters. The van der Waals surface area contributed by atoms with E-state index in [1.54, 1.807) is 0 Å². The first-order valence-electron chi connectivity index (χ1n) is 6.39. The fraction of sp³-hybridized carbons (Fsp3) is 0.125. The normalized spacial score (nSPS) is 10.4. The zero-order valence-electron chi connectivity index (χ0n) is 11.1. The van der Waals surface area contributed by atoms with Gasteiger partial charge in [-0.15, -0.1) is 0 Å². The molecule has 0 aliphatic rings. The first kappa shape index (κ1) is 12.4. The molecule has 100 valence electrons. The van der Waals surface area contributed by atoms with Gasteiger partial charge in [-0.05, 0) is 19.1 Å². The van der Waals surface area contributed by atoms with Crippen LogP contribution in [0.2, 0.25) is 0 Å². The van der Waals surface area contributed by atoms with Crippen molar-refractivity contribution in [2.45, 2.75) is 13.5 Å². The van der Waals surface area contributed by atoms with Crippen LogP contribution in [0, 0.1) is 6.92 Å². The Bertz CT molecular complexity index is 675. The number of hydrogen-bond acceptors (Lipinski definition) is 4. The van der Waals surface area contributed by atoms with Gasteiger partial charge in [0.25, 0.3) is 5.89 Å². The summed E-state index contributed by atoms with van der Waals surface area (Å²) in [5.74, 6) is 1.82. The monoisotopic (exact) mass is 266 g/mol. The van der Waals surface area contributed by atoms with E-state index in [1.165, 1.54) is 5.56 Å². The molecule has 0 saturated heterocycles. The highest BCUT2D eigenvalue weighted by atomic mass is 16.5. The molecule has 0 unspecified atom stereocenters. The molecular formula is C16H14N2O2. The molecule has 1 aromatic heterocycles. The SMILES string of the molecule is Cc1ccc(-c2noc(COc3ccccc3)n2)cc1. The number of benzene rings is 2. The summed E-state index contributed by atoms with van der Waals surface area (Å²) in [6.45, 7) is 2.31. The van der Waals surface area contributed by atoms with Gasteiger partial charge >= 0.3 is 0 Å². The van der Waals surface area contributed by atoms with Crippen LogP contribution in [0.1, 0.15) is 11.5 Å². The van der Waals surface area contributed by atoms with E-state index >= 15 is 0 Å². The van der Waals surface area contributed by atoms with Crippen LogP contribution in [0.4, 0.5) is 0 Å². The van der Waals surface area contributed by atoms with Gasteiger partial charge in [0.1, 0.15) is 5.75 Å². The van der Waals surface area contributed by atoms with Gasteiger partial charge in [0, 0.05) is 5.56 Å². The van der Waals surface area contributed by atoms with Gasteiger partial charge in [0.05, 0.1) is 0 Å². The second-order valence-electron chi connectivity index (χ2n) is 4.48. The predicted octanol–water partition coefficient (Wildman–Crippen LogP) is 3.62. The summed E-state index contributed by atoms with van der Waals surface area (Å²) in [5.41, 5.74) is 2.13. The summed E-state index contributed by atoms with van der Waals surface area (Å²) < 4.78 is 10.7. The third kappa shape index (κ3) is 2.85. The molecule has 0 bridgehead atoms. The Morgan fingerprint density at radius 2 is 1.75 bits per heavy atom. The maximum absolute atomic E-state index is 5.56. The average Bonchev–Trinajstić information content (AvgIpc) is 2.96. The van der Waals surface area contributed by atoms with Crippen LogP contribution >= 0.6 is 0 Å². The minimum absolute atomic E-state index is 0.267. The molecule has 0 aliphatic heterocycles. The third-order valence-electron chi connectivity index (χ3n) is 2.88. The lowest BCUT2D eigenvalue weighted by Gasteiger charge is -2.01. The zero-order valence-corrected chi connectivity index (χ0v) is 11.1. The van der Waals surface area contributed by atoms with E-state index in [0.29, 0.717) is 11.7 Å². The second kappa shape index (κ2) is 5.57. The fourth-order valence-corrected chi connectivity index (χ4v) is 1.80. The Kier molecular flexibility index (Phi) is 3.46. The first-order valence-corrected chi connectivity index (χ1v) is 6.39. The highest BCUT2D eigenvalue weighted by molar-refractivity contribution is 5.54. The van der Waals surface area contributed by atoms with Crippen molar-refractivity contribution in [2.24, 2.45) is 0 Å².